The van der Waals surface area contributed by atoms with Gasteiger partial charge in [-0.05, 0) is 57.4 Å². The second-order valence-electron chi connectivity index (χ2n) is 6.59. The predicted molar refractivity (Wildman–Crippen MR) is 100 cm³/mol. The summed E-state index contributed by atoms with van der Waals surface area (Å²) in [7, 11) is -3.61. The standard InChI is InChI=1S/C18H22ClN3O3S/c1-12-6-7-16(10-17(12)19)26(23,24)22-8-4-5-15(11-22)25-18-20-13(2)9-14(3)21-18/h6-7,9-10,15H,4-5,8,11H2,1-3H3. The van der Waals surface area contributed by atoms with Crippen LogP contribution in [0, 0.1) is 20.8 Å². The summed E-state index contributed by atoms with van der Waals surface area (Å²) in [5, 5.41) is 0.444. The van der Waals surface area contributed by atoms with Crippen LogP contribution in [0.25, 0.3) is 0 Å². The topological polar surface area (TPSA) is 72.4 Å². The van der Waals surface area contributed by atoms with Crippen molar-refractivity contribution in [2.75, 3.05) is 13.1 Å². The fourth-order valence-electron chi connectivity index (χ4n) is 3.00. The average Bonchev–Trinajstić information content (AvgIpc) is 2.56. The molecule has 1 aromatic heterocycles. The number of hydrogen-bond donors (Lipinski definition) is 0. The third-order valence-electron chi connectivity index (χ3n) is 4.36. The van der Waals surface area contributed by atoms with Gasteiger partial charge in [-0.25, -0.2) is 18.4 Å². The average molecular weight is 396 g/mol. The summed E-state index contributed by atoms with van der Waals surface area (Å²) in [5.74, 6) is 0. The number of aromatic nitrogens is 2. The van der Waals surface area contributed by atoms with E-state index in [1.54, 1.807) is 12.1 Å². The fourth-order valence-corrected chi connectivity index (χ4v) is 4.78. The number of rotatable bonds is 4. The van der Waals surface area contributed by atoms with E-state index in [1.165, 1.54) is 10.4 Å². The van der Waals surface area contributed by atoms with Crippen LogP contribution >= 0.6 is 11.6 Å². The third-order valence-corrected chi connectivity index (χ3v) is 6.62. The van der Waals surface area contributed by atoms with Gasteiger partial charge in [0.1, 0.15) is 6.10 Å². The molecular weight excluding hydrogens is 374 g/mol. The SMILES string of the molecule is Cc1cc(C)nc(OC2CCCN(S(=O)(=O)c3ccc(C)c(Cl)c3)C2)n1. The molecule has 26 heavy (non-hydrogen) atoms. The number of nitrogens with zero attached hydrogens (tertiary/aromatic N) is 3. The van der Waals surface area contributed by atoms with E-state index in [4.69, 9.17) is 16.3 Å². The van der Waals surface area contributed by atoms with E-state index in [9.17, 15) is 8.42 Å². The fraction of sp³-hybridized carbons (Fsp3) is 0.444. The summed E-state index contributed by atoms with van der Waals surface area (Å²) in [5.41, 5.74) is 2.49. The van der Waals surface area contributed by atoms with Crippen molar-refractivity contribution in [1.82, 2.24) is 14.3 Å². The molecule has 2 aromatic rings. The van der Waals surface area contributed by atoms with Crippen LogP contribution < -0.4 is 4.74 Å². The first-order valence-corrected chi connectivity index (χ1v) is 10.3. The Morgan fingerprint density at radius 1 is 1.15 bits per heavy atom. The molecule has 1 fully saturated rings. The molecule has 8 heteroatoms. The van der Waals surface area contributed by atoms with Gasteiger partial charge in [-0.3, -0.25) is 0 Å². The van der Waals surface area contributed by atoms with Crippen LogP contribution in [-0.2, 0) is 10.0 Å². The second kappa shape index (κ2) is 7.50. The lowest BCUT2D eigenvalue weighted by Gasteiger charge is -2.31. The van der Waals surface area contributed by atoms with Gasteiger partial charge in [0.15, 0.2) is 0 Å². The molecule has 1 atom stereocenters. The summed E-state index contributed by atoms with van der Waals surface area (Å²) in [6.07, 6.45) is 1.20. The molecule has 1 saturated heterocycles. The zero-order valence-electron chi connectivity index (χ0n) is 15.1. The molecule has 0 N–H and O–H groups in total. The number of piperidine rings is 1. The zero-order valence-corrected chi connectivity index (χ0v) is 16.6. The van der Waals surface area contributed by atoms with Crippen LogP contribution in [0.2, 0.25) is 5.02 Å². The van der Waals surface area contributed by atoms with Crippen molar-refractivity contribution < 1.29 is 13.2 Å². The van der Waals surface area contributed by atoms with Crippen LogP contribution in [0.5, 0.6) is 6.01 Å². The number of benzene rings is 1. The molecule has 1 aromatic carbocycles. The van der Waals surface area contributed by atoms with Crippen LogP contribution in [0.15, 0.2) is 29.2 Å². The van der Waals surface area contributed by atoms with Crippen molar-refractivity contribution in [2.24, 2.45) is 0 Å². The molecule has 6 nitrogen and oxygen atoms in total. The summed E-state index contributed by atoms with van der Waals surface area (Å²) >= 11 is 6.10. The van der Waals surface area contributed by atoms with Crippen molar-refractivity contribution >= 4 is 21.6 Å². The monoisotopic (exact) mass is 395 g/mol. The molecule has 1 aliphatic rings. The maximum Gasteiger partial charge on any atom is 0.317 e. The van der Waals surface area contributed by atoms with Gasteiger partial charge in [-0.15, -0.1) is 0 Å². The molecule has 1 aliphatic heterocycles. The summed E-state index contributed by atoms with van der Waals surface area (Å²) in [4.78, 5) is 8.76. The second-order valence-corrected chi connectivity index (χ2v) is 8.93. The first kappa shape index (κ1) is 19.1. The molecule has 0 radical (unpaired) electrons. The van der Waals surface area contributed by atoms with Gasteiger partial charge in [0.25, 0.3) is 0 Å². The molecule has 3 rings (SSSR count). The molecule has 0 saturated carbocycles. The highest BCUT2D eigenvalue weighted by Crippen LogP contribution is 2.26. The van der Waals surface area contributed by atoms with Crippen molar-refractivity contribution in [3.8, 4) is 6.01 Å². The minimum atomic E-state index is -3.61. The predicted octanol–water partition coefficient (Wildman–Crippen LogP) is 3.29. The Labute approximate surface area is 159 Å². The quantitative estimate of drug-likeness (QED) is 0.794. The van der Waals surface area contributed by atoms with Crippen LogP contribution in [0.1, 0.15) is 29.8 Å². The van der Waals surface area contributed by atoms with Gasteiger partial charge in [0.05, 0.1) is 11.4 Å². The number of sulfonamides is 1. The lowest BCUT2D eigenvalue weighted by Crippen LogP contribution is -2.44. The number of hydrogen-bond acceptors (Lipinski definition) is 5. The van der Waals surface area contributed by atoms with Crippen LogP contribution in [-0.4, -0.2) is 41.9 Å². The van der Waals surface area contributed by atoms with E-state index in [0.29, 0.717) is 24.0 Å². The molecular formula is C18H22ClN3O3S. The molecule has 0 spiro atoms. The molecule has 140 valence electrons. The Hall–Kier alpha value is -1.70. The van der Waals surface area contributed by atoms with E-state index >= 15 is 0 Å². The van der Waals surface area contributed by atoms with Gasteiger partial charge >= 0.3 is 6.01 Å². The Balaban J connectivity index is 1.77. The first-order chi connectivity index (χ1) is 12.3. The number of halogens is 1. The van der Waals surface area contributed by atoms with Crippen molar-refractivity contribution in [2.45, 2.75) is 44.6 Å². The lowest BCUT2D eigenvalue weighted by molar-refractivity contribution is 0.119. The van der Waals surface area contributed by atoms with E-state index < -0.39 is 10.0 Å². The van der Waals surface area contributed by atoms with Gasteiger partial charge in [0, 0.05) is 23.0 Å². The number of ether oxygens (including phenoxy) is 1. The first-order valence-electron chi connectivity index (χ1n) is 8.51. The van der Waals surface area contributed by atoms with E-state index in [2.05, 4.69) is 9.97 Å². The summed E-state index contributed by atoms with van der Waals surface area (Å²) < 4.78 is 33.2. The van der Waals surface area contributed by atoms with Crippen molar-refractivity contribution in [3.63, 3.8) is 0 Å². The van der Waals surface area contributed by atoms with Crippen molar-refractivity contribution in [3.05, 3.63) is 46.2 Å². The third kappa shape index (κ3) is 4.16. The Morgan fingerprint density at radius 3 is 2.50 bits per heavy atom. The molecule has 0 amide bonds. The minimum Gasteiger partial charge on any atom is -0.459 e. The highest BCUT2D eigenvalue weighted by molar-refractivity contribution is 7.89. The smallest absolute Gasteiger partial charge is 0.317 e. The largest absolute Gasteiger partial charge is 0.459 e. The number of aryl methyl sites for hydroxylation is 3. The Bertz CT molecular complexity index is 898. The normalized spacial score (nSPS) is 18.7. The lowest BCUT2D eigenvalue weighted by atomic mass is 10.1. The Kier molecular flexibility index (Phi) is 5.50. The molecule has 2 heterocycles. The molecule has 0 bridgehead atoms. The van der Waals surface area contributed by atoms with Crippen LogP contribution in [0.4, 0.5) is 0 Å². The van der Waals surface area contributed by atoms with E-state index in [1.807, 2.05) is 26.8 Å². The van der Waals surface area contributed by atoms with E-state index in [0.717, 1.165) is 23.4 Å². The summed E-state index contributed by atoms with van der Waals surface area (Å²) in [6, 6.07) is 6.98. The van der Waals surface area contributed by atoms with Gasteiger partial charge in [-0.1, -0.05) is 17.7 Å². The van der Waals surface area contributed by atoms with Crippen LogP contribution in [0.3, 0.4) is 0 Å². The molecule has 1 unspecified atom stereocenters. The maximum absolute atomic E-state index is 12.9. The zero-order chi connectivity index (χ0) is 18.9. The van der Waals surface area contributed by atoms with Crippen molar-refractivity contribution in [1.29, 1.82) is 0 Å². The van der Waals surface area contributed by atoms with E-state index in [-0.39, 0.29) is 17.5 Å². The highest BCUT2D eigenvalue weighted by atomic mass is 35.5. The summed E-state index contributed by atoms with van der Waals surface area (Å²) in [6.45, 7) is 6.32. The van der Waals surface area contributed by atoms with Gasteiger partial charge in [0.2, 0.25) is 10.0 Å². The highest BCUT2D eigenvalue weighted by Gasteiger charge is 2.31. The maximum atomic E-state index is 12.9. The van der Waals surface area contributed by atoms with Gasteiger partial charge < -0.3 is 4.74 Å². The molecule has 0 aliphatic carbocycles. The Morgan fingerprint density at radius 2 is 1.85 bits per heavy atom. The van der Waals surface area contributed by atoms with Gasteiger partial charge in [-0.2, -0.15) is 4.31 Å². The minimum absolute atomic E-state index is 0.205.